The van der Waals surface area contributed by atoms with Crippen molar-refractivity contribution in [3.63, 3.8) is 0 Å². The van der Waals surface area contributed by atoms with Crippen LogP contribution >= 0.6 is 0 Å². The van der Waals surface area contributed by atoms with Gasteiger partial charge in [-0.1, -0.05) is 25.0 Å². The van der Waals surface area contributed by atoms with Crippen molar-refractivity contribution in [1.29, 1.82) is 0 Å². The fourth-order valence-corrected chi connectivity index (χ4v) is 2.51. The van der Waals surface area contributed by atoms with Gasteiger partial charge in [0.1, 0.15) is 11.4 Å². The summed E-state index contributed by atoms with van der Waals surface area (Å²) in [7, 11) is 0. The van der Waals surface area contributed by atoms with Crippen molar-refractivity contribution in [1.82, 2.24) is 5.32 Å². The Labute approximate surface area is 102 Å². The van der Waals surface area contributed by atoms with Crippen LogP contribution in [-0.4, -0.2) is 17.7 Å². The minimum Gasteiger partial charge on any atom is -0.384 e. The monoisotopic (exact) mass is 237 g/mol. The van der Waals surface area contributed by atoms with Gasteiger partial charge >= 0.3 is 0 Å². The Morgan fingerprint density at radius 3 is 2.94 bits per heavy atom. The highest BCUT2D eigenvalue weighted by molar-refractivity contribution is 5.24. The van der Waals surface area contributed by atoms with Gasteiger partial charge in [-0.15, -0.1) is 0 Å². The van der Waals surface area contributed by atoms with E-state index in [2.05, 4.69) is 5.32 Å². The van der Waals surface area contributed by atoms with Gasteiger partial charge in [0.15, 0.2) is 0 Å². The number of aliphatic hydroxyl groups is 1. The Balaban J connectivity index is 2.21. The molecule has 3 heteroatoms. The lowest BCUT2D eigenvalue weighted by Crippen LogP contribution is -2.46. The van der Waals surface area contributed by atoms with Gasteiger partial charge in [-0.25, -0.2) is 4.39 Å². The second kappa shape index (κ2) is 5.15. The van der Waals surface area contributed by atoms with Crippen LogP contribution < -0.4 is 5.32 Å². The van der Waals surface area contributed by atoms with Crippen molar-refractivity contribution < 1.29 is 9.50 Å². The smallest absolute Gasteiger partial charge is 0.123 e. The van der Waals surface area contributed by atoms with Crippen LogP contribution in [0.25, 0.3) is 0 Å². The molecular weight excluding hydrogens is 217 g/mol. The second-order valence-electron chi connectivity index (χ2n) is 5.01. The Bertz CT molecular complexity index is 370. The summed E-state index contributed by atoms with van der Waals surface area (Å²) in [6.45, 7) is 2.70. The highest BCUT2D eigenvalue weighted by Gasteiger charge is 2.33. The summed E-state index contributed by atoms with van der Waals surface area (Å²) >= 11 is 0. The average Bonchev–Trinajstić information content (AvgIpc) is 2.58. The maximum Gasteiger partial charge on any atom is 0.123 e. The van der Waals surface area contributed by atoms with Gasteiger partial charge in [0.2, 0.25) is 0 Å². The maximum atomic E-state index is 13.2. The van der Waals surface area contributed by atoms with Crippen molar-refractivity contribution in [3.8, 4) is 0 Å². The standard InChI is InChI=1S/C14H20FNO/c1-14(17,11-6-5-7-12(15)10-11)13-8-3-2-4-9-16-13/h5-7,10,13,16-17H,2-4,8-9H2,1H3. The molecule has 0 amide bonds. The van der Waals surface area contributed by atoms with Crippen LogP contribution in [0.15, 0.2) is 24.3 Å². The summed E-state index contributed by atoms with van der Waals surface area (Å²) in [5.74, 6) is -0.295. The van der Waals surface area contributed by atoms with Crippen molar-refractivity contribution >= 4 is 0 Å². The zero-order valence-electron chi connectivity index (χ0n) is 10.2. The molecule has 2 atom stereocenters. The molecule has 1 aromatic rings. The van der Waals surface area contributed by atoms with Crippen molar-refractivity contribution in [3.05, 3.63) is 35.6 Å². The van der Waals surface area contributed by atoms with Crippen molar-refractivity contribution in [2.75, 3.05) is 6.54 Å². The van der Waals surface area contributed by atoms with Crippen LogP contribution in [-0.2, 0) is 5.60 Å². The SMILES string of the molecule is CC(O)(c1cccc(F)c1)C1CCCCCN1. The molecule has 1 aliphatic heterocycles. The first kappa shape index (κ1) is 12.5. The van der Waals surface area contributed by atoms with E-state index in [1.807, 2.05) is 0 Å². The first-order chi connectivity index (χ1) is 8.10. The van der Waals surface area contributed by atoms with Gasteiger partial charge in [0, 0.05) is 6.04 Å². The number of halogens is 1. The van der Waals surface area contributed by atoms with E-state index in [4.69, 9.17) is 0 Å². The molecule has 1 aliphatic rings. The van der Waals surface area contributed by atoms with E-state index < -0.39 is 5.60 Å². The van der Waals surface area contributed by atoms with Gasteiger partial charge in [-0.3, -0.25) is 0 Å². The van der Waals surface area contributed by atoms with Crippen LogP contribution in [0.5, 0.6) is 0 Å². The van der Waals surface area contributed by atoms with E-state index in [-0.39, 0.29) is 11.9 Å². The third kappa shape index (κ3) is 2.85. The molecule has 0 bridgehead atoms. The number of hydrogen-bond acceptors (Lipinski definition) is 2. The number of hydrogen-bond donors (Lipinski definition) is 2. The normalized spacial score (nSPS) is 25.0. The van der Waals surface area contributed by atoms with Gasteiger partial charge < -0.3 is 10.4 Å². The Kier molecular flexibility index (Phi) is 3.79. The summed E-state index contributed by atoms with van der Waals surface area (Å²) in [4.78, 5) is 0. The summed E-state index contributed by atoms with van der Waals surface area (Å²) < 4.78 is 13.2. The molecular formula is C14H20FNO. The van der Waals surface area contributed by atoms with E-state index in [1.54, 1.807) is 19.1 Å². The zero-order valence-corrected chi connectivity index (χ0v) is 10.2. The topological polar surface area (TPSA) is 32.3 Å². The van der Waals surface area contributed by atoms with Gasteiger partial charge in [-0.2, -0.15) is 0 Å². The predicted octanol–water partition coefficient (Wildman–Crippen LogP) is 2.57. The van der Waals surface area contributed by atoms with E-state index in [9.17, 15) is 9.50 Å². The molecule has 17 heavy (non-hydrogen) atoms. The number of rotatable bonds is 2. The molecule has 0 radical (unpaired) electrons. The Morgan fingerprint density at radius 1 is 1.35 bits per heavy atom. The Hall–Kier alpha value is -0.930. The third-order valence-electron chi connectivity index (χ3n) is 3.65. The molecule has 2 rings (SSSR count). The molecule has 1 heterocycles. The van der Waals surface area contributed by atoms with Crippen molar-refractivity contribution in [2.24, 2.45) is 0 Å². The summed E-state index contributed by atoms with van der Waals surface area (Å²) in [6, 6.07) is 6.27. The number of nitrogens with one attached hydrogen (secondary N) is 1. The maximum absolute atomic E-state index is 13.2. The summed E-state index contributed by atoms with van der Waals surface area (Å²) in [5, 5.41) is 14.0. The molecule has 0 aromatic heterocycles. The van der Waals surface area contributed by atoms with E-state index >= 15 is 0 Å². The first-order valence-corrected chi connectivity index (χ1v) is 6.32. The molecule has 2 nitrogen and oxygen atoms in total. The highest BCUT2D eigenvalue weighted by atomic mass is 19.1. The molecule has 0 aliphatic carbocycles. The molecule has 1 fully saturated rings. The lowest BCUT2D eigenvalue weighted by molar-refractivity contribution is 0.0133. The largest absolute Gasteiger partial charge is 0.384 e. The minimum atomic E-state index is -1.01. The van der Waals surface area contributed by atoms with Gasteiger partial charge in [0.25, 0.3) is 0 Å². The van der Waals surface area contributed by atoms with E-state index in [1.165, 1.54) is 18.6 Å². The molecule has 0 spiro atoms. The summed E-state index contributed by atoms with van der Waals surface area (Å²) in [6.07, 6.45) is 4.39. The van der Waals surface area contributed by atoms with E-state index in [0.717, 1.165) is 25.8 Å². The fraction of sp³-hybridized carbons (Fsp3) is 0.571. The molecule has 2 unspecified atom stereocenters. The molecule has 0 saturated carbocycles. The van der Waals surface area contributed by atoms with Gasteiger partial charge in [-0.05, 0) is 44.0 Å². The minimum absolute atomic E-state index is 0.00630. The number of benzene rings is 1. The summed E-state index contributed by atoms with van der Waals surface area (Å²) in [5.41, 5.74) is -0.358. The average molecular weight is 237 g/mol. The van der Waals surface area contributed by atoms with Crippen LogP contribution in [0.3, 0.4) is 0 Å². The third-order valence-corrected chi connectivity index (χ3v) is 3.65. The van der Waals surface area contributed by atoms with Crippen LogP contribution in [0.2, 0.25) is 0 Å². The molecule has 1 saturated heterocycles. The molecule has 2 N–H and O–H groups in total. The quantitative estimate of drug-likeness (QED) is 0.828. The fourth-order valence-electron chi connectivity index (χ4n) is 2.51. The molecule has 94 valence electrons. The highest BCUT2D eigenvalue weighted by Crippen LogP contribution is 2.29. The molecule has 1 aromatic carbocycles. The van der Waals surface area contributed by atoms with Crippen LogP contribution in [0.4, 0.5) is 4.39 Å². The predicted molar refractivity (Wildman–Crippen MR) is 66.2 cm³/mol. The first-order valence-electron chi connectivity index (χ1n) is 6.32. The zero-order chi connectivity index (χ0) is 12.3. The van der Waals surface area contributed by atoms with E-state index in [0.29, 0.717) is 5.56 Å². The van der Waals surface area contributed by atoms with Crippen LogP contribution in [0.1, 0.15) is 38.2 Å². The van der Waals surface area contributed by atoms with Crippen molar-refractivity contribution in [2.45, 2.75) is 44.2 Å². The Morgan fingerprint density at radius 2 is 2.18 bits per heavy atom. The second-order valence-corrected chi connectivity index (χ2v) is 5.01. The lowest BCUT2D eigenvalue weighted by atomic mass is 9.86. The van der Waals surface area contributed by atoms with Crippen LogP contribution in [0, 0.1) is 5.82 Å². The van der Waals surface area contributed by atoms with Gasteiger partial charge in [0.05, 0.1) is 0 Å². The lowest BCUT2D eigenvalue weighted by Gasteiger charge is -2.33.